The summed E-state index contributed by atoms with van der Waals surface area (Å²) in [6.07, 6.45) is 5.64. The topological polar surface area (TPSA) is 47.0 Å². The third-order valence-electron chi connectivity index (χ3n) is 4.05. The molecule has 0 aromatic carbocycles. The fraction of sp³-hybridized carbons (Fsp3) is 0.625. The van der Waals surface area contributed by atoms with Crippen molar-refractivity contribution in [1.29, 1.82) is 0 Å². The number of thiophene rings is 1. The summed E-state index contributed by atoms with van der Waals surface area (Å²) in [6, 6.07) is 0. The summed E-state index contributed by atoms with van der Waals surface area (Å²) in [6.45, 7) is 5.15. The Bertz CT molecular complexity index is 638. The molecule has 2 heterocycles. The van der Waals surface area contributed by atoms with Gasteiger partial charge in [-0.1, -0.05) is 13.3 Å². The minimum absolute atomic E-state index is 0.00579. The highest BCUT2D eigenvalue weighted by Crippen LogP contribution is 2.40. The Morgan fingerprint density at radius 3 is 2.86 bits per heavy atom. The standard InChI is InChI=1S/C16H23N3OS/c1-4-7-11(20-3)14-18-15(17-5-2)13-10-8-6-9-12(10)21-16(13)19-14/h11H,4-9H2,1-3H3,(H,17,18,19). The minimum Gasteiger partial charge on any atom is -0.373 e. The molecule has 1 atom stereocenters. The van der Waals surface area contributed by atoms with Gasteiger partial charge in [0.15, 0.2) is 5.82 Å². The first-order valence-corrected chi connectivity index (χ1v) is 8.68. The second-order valence-corrected chi connectivity index (χ2v) is 6.59. The van der Waals surface area contributed by atoms with Crippen molar-refractivity contribution >= 4 is 27.4 Å². The van der Waals surface area contributed by atoms with Gasteiger partial charge in [0.2, 0.25) is 0 Å². The zero-order valence-electron chi connectivity index (χ0n) is 13.0. The molecule has 21 heavy (non-hydrogen) atoms. The maximum absolute atomic E-state index is 5.59. The third-order valence-corrected chi connectivity index (χ3v) is 5.24. The van der Waals surface area contributed by atoms with E-state index < -0.39 is 0 Å². The molecule has 2 aromatic heterocycles. The molecule has 1 N–H and O–H groups in total. The molecule has 4 nitrogen and oxygen atoms in total. The molecular formula is C16H23N3OS. The number of nitrogens with one attached hydrogen (secondary N) is 1. The molecule has 1 aliphatic rings. The van der Waals surface area contributed by atoms with Gasteiger partial charge in [0.1, 0.15) is 16.8 Å². The lowest BCUT2D eigenvalue weighted by atomic mass is 10.1. The smallest absolute Gasteiger partial charge is 0.161 e. The summed E-state index contributed by atoms with van der Waals surface area (Å²) < 4.78 is 5.59. The van der Waals surface area contributed by atoms with Gasteiger partial charge < -0.3 is 10.1 Å². The van der Waals surface area contributed by atoms with Crippen LogP contribution in [-0.4, -0.2) is 23.6 Å². The fourth-order valence-electron chi connectivity index (χ4n) is 3.07. The molecule has 0 aliphatic heterocycles. The van der Waals surface area contributed by atoms with Crippen molar-refractivity contribution in [3.63, 3.8) is 0 Å². The number of anilines is 1. The fourth-order valence-corrected chi connectivity index (χ4v) is 4.33. The largest absolute Gasteiger partial charge is 0.373 e. The number of rotatable bonds is 6. The maximum Gasteiger partial charge on any atom is 0.161 e. The van der Waals surface area contributed by atoms with Crippen LogP contribution in [0.2, 0.25) is 0 Å². The van der Waals surface area contributed by atoms with E-state index >= 15 is 0 Å². The van der Waals surface area contributed by atoms with Crippen LogP contribution in [0, 0.1) is 0 Å². The third kappa shape index (κ3) is 2.64. The number of hydrogen-bond acceptors (Lipinski definition) is 5. The molecular weight excluding hydrogens is 282 g/mol. The quantitative estimate of drug-likeness (QED) is 0.873. The predicted molar refractivity (Wildman–Crippen MR) is 88.3 cm³/mol. The van der Waals surface area contributed by atoms with E-state index in [4.69, 9.17) is 14.7 Å². The van der Waals surface area contributed by atoms with E-state index in [9.17, 15) is 0 Å². The molecule has 0 radical (unpaired) electrons. The SMILES string of the molecule is CCCC(OC)c1nc(NCC)c2c3c(sc2n1)CCC3. The van der Waals surface area contributed by atoms with Crippen LogP contribution in [0.5, 0.6) is 0 Å². The Morgan fingerprint density at radius 1 is 1.29 bits per heavy atom. The summed E-state index contributed by atoms with van der Waals surface area (Å²) in [7, 11) is 1.75. The van der Waals surface area contributed by atoms with Crippen LogP contribution in [0.15, 0.2) is 0 Å². The molecule has 1 unspecified atom stereocenters. The van der Waals surface area contributed by atoms with Gasteiger partial charge in [-0.25, -0.2) is 9.97 Å². The Hall–Kier alpha value is -1.20. The number of nitrogens with zero attached hydrogens (tertiary/aromatic N) is 2. The van der Waals surface area contributed by atoms with E-state index in [-0.39, 0.29) is 6.10 Å². The molecule has 5 heteroatoms. The highest BCUT2D eigenvalue weighted by atomic mass is 32.1. The molecule has 0 bridgehead atoms. The average Bonchev–Trinajstić information content (AvgIpc) is 3.05. The molecule has 2 aromatic rings. The van der Waals surface area contributed by atoms with Gasteiger partial charge in [-0.3, -0.25) is 0 Å². The summed E-state index contributed by atoms with van der Waals surface area (Å²) in [5, 5.41) is 4.68. The lowest BCUT2D eigenvalue weighted by Gasteiger charge is -2.15. The van der Waals surface area contributed by atoms with Gasteiger partial charge in [0.25, 0.3) is 0 Å². The molecule has 1 aliphatic carbocycles. The number of aromatic nitrogens is 2. The van der Waals surface area contributed by atoms with Crippen LogP contribution in [0.4, 0.5) is 5.82 Å². The van der Waals surface area contributed by atoms with E-state index in [2.05, 4.69) is 19.2 Å². The lowest BCUT2D eigenvalue weighted by molar-refractivity contribution is 0.0881. The van der Waals surface area contributed by atoms with E-state index in [1.54, 1.807) is 7.11 Å². The van der Waals surface area contributed by atoms with Crippen molar-refractivity contribution in [2.24, 2.45) is 0 Å². The lowest BCUT2D eigenvalue weighted by Crippen LogP contribution is -2.10. The zero-order valence-corrected chi connectivity index (χ0v) is 13.8. The normalized spacial score (nSPS) is 15.4. The highest BCUT2D eigenvalue weighted by molar-refractivity contribution is 7.19. The summed E-state index contributed by atoms with van der Waals surface area (Å²) in [5.74, 6) is 1.82. The van der Waals surface area contributed by atoms with Gasteiger partial charge in [-0.2, -0.15) is 0 Å². The first-order chi connectivity index (χ1) is 10.3. The first-order valence-electron chi connectivity index (χ1n) is 7.87. The van der Waals surface area contributed by atoms with Crippen molar-refractivity contribution in [3.8, 4) is 0 Å². The predicted octanol–water partition coefficient (Wildman–Crippen LogP) is 4.10. The molecule has 0 saturated heterocycles. The van der Waals surface area contributed by atoms with Crippen molar-refractivity contribution in [3.05, 3.63) is 16.3 Å². The monoisotopic (exact) mass is 305 g/mol. The van der Waals surface area contributed by atoms with E-state index in [1.807, 2.05) is 11.3 Å². The highest BCUT2D eigenvalue weighted by Gasteiger charge is 2.24. The Labute approximate surface area is 129 Å². The number of hydrogen-bond donors (Lipinski definition) is 1. The van der Waals surface area contributed by atoms with Gasteiger partial charge in [0.05, 0.1) is 5.39 Å². The Balaban J connectivity index is 2.12. The van der Waals surface area contributed by atoms with Gasteiger partial charge in [-0.05, 0) is 38.2 Å². The zero-order chi connectivity index (χ0) is 14.8. The van der Waals surface area contributed by atoms with Gasteiger partial charge in [0, 0.05) is 18.5 Å². The van der Waals surface area contributed by atoms with Crippen LogP contribution < -0.4 is 5.32 Å². The number of fused-ring (bicyclic) bond motifs is 3. The molecule has 3 rings (SSSR count). The van der Waals surface area contributed by atoms with Crippen molar-refractivity contribution in [1.82, 2.24) is 9.97 Å². The molecule has 0 saturated carbocycles. The number of aryl methyl sites for hydroxylation is 2. The molecule has 0 amide bonds. The molecule has 114 valence electrons. The van der Waals surface area contributed by atoms with Gasteiger partial charge >= 0.3 is 0 Å². The average molecular weight is 305 g/mol. The molecule has 0 spiro atoms. The maximum atomic E-state index is 5.59. The van der Waals surface area contributed by atoms with Crippen molar-refractivity contribution in [2.75, 3.05) is 19.0 Å². The van der Waals surface area contributed by atoms with E-state index in [0.29, 0.717) is 0 Å². The second kappa shape index (κ2) is 6.28. The summed E-state index contributed by atoms with van der Waals surface area (Å²) in [5.41, 5.74) is 1.47. The number of ether oxygens (including phenoxy) is 1. The van der Waals surface area contributed by atoms with Crippen LogP contribution in [0.3, 0.4) is 0 Å². The van der Waals surface area contributed by atoms with E-state index in [1.165, 1.54) is 35.1 Å². The first kappa shape index (κ1) is 14.7. The summed E-state index contributed by atoms with van der Waals surface area (Å²) >= 11 is 1.84. The van der Waals surface area contributed by atoms with Crippen LogP contribution in [-0.2, 0) is 17.6 Å². The Morgan fingerprint density at radius 2 is 2.14 bits per heavy atom. The molecule has 0 fully saturated rings. The second-order valence-electron chi connectivity index (χ2n) is 5.51. The van der Waals surface area contributed by atoms with Crippen molar-refractivity contribution in [2.45, 2.75) is 52.1 Å². The van der Waals surface area contributed by atoms with E-state index in [0.717, 1.165) is 35.9 Å². The van der Waals surface area contributed by atoms with Crippen LogP contribution in [0.25, 0.3) is 10.2 Å². The van der Waals surface area contributed by atoms with Gasteiger partial charge in [-0.15, -0.1) is 11.3 Å². The van der Waals surface area contributed by atoms with Crippen molar-refractivity contribution < 1.29 is 4.74 Å². The Kier molecular flexibility index (Phi) is 4.40. The van der Waals surface area contributed by atoms with Crippen LogP contribution in [0.1, 0.15) is 55.5 Å². The minimum atomic E-state index is -0.00579. The number of methoxy groups -OCH3 is 1. The summed E-state index contributed by atoms with van der Waals surface area (Å²) in [4.78, 5) is 12.2. The van der Waals surface area contributed by atoms with Crippen LogP contribution >= 0.6 is 11.3 Å².